The molecule has 0 aliphatic carbocycles. The van der Waals surface area contributed by atoms with Gasteiger partial charge < -0.3 is 10.1 Å². The molecule has 0 unspecified atom stereocenters. The maximum atomic E-state index is 12.8. The van der Waals surface area contributed by atoms with Gasteiger partial charge in [0.05, 0.1) is 25.1 Å². The van der Waals surface area contributed by atoms with E-state index in [2.05, 4.69) is 22.3 Å². The number of carbonyl (C=O) groups excluding carboxylic acids is 1. The molecule has 1 heterocycles. The molecule has 3 aromatic rings. The van der Waals surface area contributed by atoms with Crippen LogP contribution < -0.4 is 14.4 Å². The Labute approximate surface area is 226 Å². The van der Waals surface area contributed by atoms with Gasteiger partial charge >= 0.3 is 0 Å². The molecule has 0 aromatic heterocycles. The van der Waals surface area contributed by atoms with Gasteiger partial charge in [-0.15, -0.1) is 0 Å². The van der Waals surface area contributed by atoms with Crippen molar-refractivity contribution < 1.29 is 17.9 Å². The van der Waals surface area contributed by atoms with E-state index in [1.165, 1.54) is 35.4 Å². The van der Waals surface area contributed by atoms with Gasteiger partial charge in [0, 0.05) is 18.7 Å². The van der Waals surface area contributed by atoms with E-state index in [9.17, 15) is 13.2 Å². The Kier molecular flexibility index (Phi) is 9.42. The Bertz CT molecular complexity index is 1300. The summed E-state index contributed by atoms with van der Waals surface area (Å²) in [7, 11) is -3.51. The number of sulfonamides is 1. The molecule has 1 aliphatic rings. The number of anilines is 1. The van der Waals surface area contributed by atoms with Crippen LogP contribution in [0, 0.1) is 0 Å². The number of nitrogens with zero attached hydrogens (tertiary/aromatic N) is 2. The molecule has 1 aliphatic heterocycles. The molecule has 4 rings (SSSR count). The van der Waals surface area contributed by atoms with Crippen molar-refractivity contribution in [1.29, 1.82) is 0 Å². The summed E-state index contributed by atoms with van der Waals surface area (Å²) in [4.78, 5) is 15.3. The van der Waals surface area contributed by atoms with Crippen LogP contribution in [0.1, 0.15) is 53.2 Å². The van der Waals surface area contributed by atoms with E-state index in [1.807, 2.05) is 19.1 Å². The van der Waals surface area contributed by atoms with E-state index in [0.717, 1.165) is 30.8 Å². The van der Waals surface area contributed by atoms with E-state index in [-0.39, 0.29) is 12.5 Å². The molecular formula is C30H37N3O4S. The molecule has 7 nitrogen and oxygen atoms in total. The van der Waals surface area contributed by atoms with Crippen LogP contribution in [-0.4, -0.2) is 45.2 Å². The van der Waals surface area contributed by atoms with Crippen LogP contribution in [0.5, 0.6) is 5.75 Å². The van der Waals surface area contributed by atoms with Gasteiger partial charge in [-0.05, 0) is 85.9 Å². The first-order valence-electron chi connectivity index (χ1n) is 13.2. The van der Waals surface area contributed by atoms with Crippen molar-refractivity contribution in [3.63, 3.8) is 0 Å². The van der Waals surface area contributed by atoms with E-state index in [0.29, 0.717) is 30.2 Å². The molecule has 0 spiro atoms. The molecule has 0 saturated carbocycles. The Morgan fingerprint density at radius 3 is 2.26 bits per heavy atom. The summed E-state index contributed by atoms with van der Waals surface area (Å²) < 4.78 is 31.8. The van der Waals surface area contributed by atoms with Crippen LogP contribution in [0.15, 0.2) is 72.8 Å². The average Bonchev–Trinajstić information content (AvgIpc) is 2.92. The minimum absolute atomic E-state index is 0.163. The monoisotopic (exact) mass is 535 g/mol. The van der Waals surface area contributed by atoms with Crippen LogP contribution >= 0.6 is 0 Å². The zero-order chi connectivity index (χ0) is 27.0. The molecule has 38 heavy (non-hydrogen) atoms. The van der Waals surface area contributed by atoms with E-state index >= 15 is 0 Å². The third kappa shape index (κ3) is 7.82. The van der Waals surface area contributed by atoms with Gasteiger partial charge in [0.15, 0.2) is 0 Å². The molecule has 202 valence electrons. The fourth-order valence-electron chi connectivity index (χ4n) is 4.70. The predicted molar refractivity (Wildman–Crippen MR) is 152 cm³/mol. The minimum atomic E-state index is -3.51. The number of likely N-dealkylation sites (tertiary alicyclic amines) is 1. The number of hydrogen-bond donors (Lipinski definition) is 1. The Hall–Kier alpha value is -3.36. The van der Waals surface area contributed by atoms with Crippen molar-refractivity contribution in [2.75, 3.05) is 30.3 Å². The second-order valence-corrected chi connectivity index (χ2v) is 11.6. The molecule has 8 heteroatoms. The molecule has 1 fully saturated rings. The van der Waals surface area contributed by atoms with Crippen molar-refractivity contribution >= 4 is 21.6 Å². The summed E-state index contributed by atoms with van der Waals surface area (Å²) in [5.41, 5.74) is 4.21. The summed E-state index contributed by atoms with van der Waals surface area (Å²) in [6.45, 7) is 6.31. The quantitative estimate of drug-likeness (QED) is 0.375. The fraction of sp³-hybridized carbons (Fsp3) is 0.367. The van der Waals surface area contributed by atoms with Crippen molar-refractivity contribution in [1.82, 2.24) is 10.2 Å². The maximum Gasteiger partial charge on any atom is 0.251 e. The highest BCUT2D eigenvalue weighted by Crippen LogP contribution is 2.24. The van der Waals surface area contributed by atoms with Crippen molar-refractivity contribution in [3.8, 4) is 5.75 Å². The Morgan fingerprint density at radius 1 is 0.921 bits per heavy atom. The van der Waals surface area contributed by atoms with E-state index in [4.69, 9.17) is 4.74 Å². The zero-order valence-corrected chi connectivity index (χ0v) is 23.0. The highest BCUT2D eigenvalue weighted by molar-refractivity contribution is 7.92. The van der Waals surface area contributed by atoms with E-state index < -0.39 is 10.0 Å². The summed E-state index contributed by atoms with van der Waals surface area (Å²) in [5, 5.41) is 3.00. The van der Waals surface area contributed by atoms with E-state index in [1.54, 1.807) is 48.5 Å². The summed E-state index contributed by atoms with van der Waals surface area (Å²) in [6.07, 6.45) is 5.04. The number of amides is 1. The van der Waals surface area contributed by atoms with Crippen LogP contribution in [-0.2, 0) is 29.7 Å². The number of rotatable bonds is 11. The van der Waals surface area contributed by atoms with Crippen molar-refractivity contribution in [3.05, 3.63) is 95.1 Å². The van der Waals surface area contributed by atoms with Crippen LogP contribution in [0.2, 0.25) is 0 Å². The van der Waals surface area contributed by atoms with Gasteiger partial charge in [-0.25, -0.2) is 8.42 Å². The first kappa shape index (κ1) is 27.7. The molecule has 3 aromatic carbocycles. The molecule has 1 amide bonds. The highest BCUT2D eigenvalue weighted by atomic mass is 32.2. The third-order valence-corrected chi connectivity index (χ3v) is 7.82. The topological polar surface area (TPSA) is 79.0 Å². The van der Waals surface area contributed by atoms with Crippen LogP contribution in [0.25, 0.3) is 0 Å². The number of carbonyl (C=O) groups is 1. The molecule has 0 atom stereocenters. The number of piperidine rings is 1. The lowest BCUT2D eigenvalue weighted by atomic mass is 10.1. The van der Waals surface area contributed by atoms with Crippen molar-refractivity contribution in [2.24, 2.45) is 0 Å². The van der Waals surface area contributed by atoms with Gasteiger partial charge in [-0.1, -0.05) is 42.8 Å². The van der Waals surface area contributed by atoms with Gasteiger partial charge in [0.1, 0.15) is 5.75 Å². The minimum Gasteiger partial charge on any atom is -0.494 e. The Balaban J connectivity index is 1.35. The third-order valence-electron chi connectivity index (χ3n) is 6.68. The van der Waals surface area contributed by atoms with Gasteiger partial charge in [0.25, 0.3) is 5.91 Å². The molecule has 1 saturated heterocycles. The number of hydrogen-bond acceptors (Lipinski definition) is 5. The van der Waals surface area contributed by atoms with Crippen LogP contribution in [0.3, 0.4) is 0 Å². The summed E-state index contributed by atoms with van der Waals surface area (Å²) in [5.74, 6) is 0.526. The first-order chi connectivity index (χ1) is 18.3. The average molecular weight is 536 g/mol. The number of nitrogens with one attached hydrogen (secondary N) is 1. The predicted octanol–water partition coefficient (Wildman–Crippen LogP) is 4.97. The van der Waals surface area contributed by atoms with Gasteiger partial charge in [-0.3, -0.25) is 14.0 Å². The molecular weight excluding hydrogens is 498 g/mol. The number of benzene rings is 3. The summed E-state index contributed by atoms with van der Waals surface area (Å²) >= 11 is 0. The highest BCUT2D eigenvalue weighted by Gasteiger charge is 2.18. The van der Waals surface area contributed by atoms with Gasteiger partial charge in [-0.2, -0.15) is 0 Å². The molecule has 1 N–H and O–H groups in total. The lowest BCUT2D eigenvalue weighted by Crippen LogP contribution is -2.29. The molecule has 0 bridgehead atoms. The first-order valence-corrected chi connectivity index (χ1v) is 15.0. The lowest BCUT2D eigenvalue weighted by molar-refractivity contribution is 0.0951. The Morgan fingerprint density at radius 2 is 1.61 bits per heavy atom. The second kappa shape index (κ2) is 12.9. The number of ether oxygens (including phenoxy) is 1. The summed E-state index contributed by atoms with van der Waals surface area (Å²) in [6, 6.07) is 22.4. The van der Waals surface area contributed by atoms with Crippen molar-refractivity contribution in [2.45, 2.75) is 45.8 Å². The largest absolute Gasteiger partial charge is 0.494 e. The van der Waals surface area contributed by atoms with Gasteiger partial charge in [0.2, 0.25) is 10.0 Å². The second-order valence-electron chi connectivity index (χ2n) is 9.73. The SMILES string of the molecule is CCOc1ccc(N(Cc2ccc(C(=O)NCc3cccc(CN4CCCCC4)c3)cc2)S(C)(=O)=O)cc1. The van der Waals surface area contributed by atoms with Crippen LogP contribution in [0.4, 0.5) is 5.69 Å². The maximum absolute atomic E-state index is 12.8. The fourth-order valence-corrected chi connectivity index (χ4v) is 5.59. The lowest BCUT2D eigenvalue weighted by Gasteiger charge is -2.26. The normalized spacial score (nSPS) is 14.2. The smallest absolute Gasteiger partial charge is 0.251 e. The molecule has 0 radical (unpaired) electrons. The zero-order valence-electron chi connectivity index (χ0n) is 22.2. The standard InChI is InChI=1S/C30H37N3O4S/c1-3-37-29-16-14-28(15-17-29)33(38(2,35)36)23-24-10-12-27(13-11-24)30(34)31-21-25-8-7-9-26(20-25)22-32-18-5-4-6-19-32/h7-17,20H,3-6,18-19,21-23H2,1-2H3,(H,31,34).